The van der Waals surface area contributed by atoms with E-state index in [2.05, 4.69) is 32.9 Å². The first-order valence-electron chi connectivity index (χ1n) is 5.76. The lowest BCUT2D eigenvalue weighted by Gasteiger charge is -2.19. The summed E-state index contributed by atoms with van der Waals surface area (Å²) in [6.45, 7) is 9.11. The third-order valence-corrected chi connectivity index (χ3v) is 2.49. The van der Waals surface area contributed by atoms with Crippen LogP contribution < -0.4 is 4.74 Å². The van der Waals surface area contributed by atoms with E-state index in [4.69, 9.17) is 9.47 Å². The van der Waals surface area contributed by atoms with Crippen molar-refractivity contribution in [1.29, 1.82) is 0 Å². The molecule has 0 radical (unpaired) electrons. The molecule has 3 nitrogen and oxygen atoms in total. The molecule has 1 atom stereocenters. The summed E-state index contributed by atoms with van der Waals surface area (Å²) in [4.78, 5) is 10.1. The number of hydrogen-bond donors (Lipinski definition) is 0. The lowest BCUT2D eigenvalue weighted by Crippen LogP contribution is -2.17. The van der Waals surface area contributed by atoms with Crippen molar-refractivity contribution in [1.82, 2.24) is 0 Å². The fourth-order valence-electron chi connectivity index (χ4n) is 1.40. The maximum atomic E-state index is 10.1. The monoisotopic (exact) mass is 236 g/mol. The molecule has 17 heavy (non-hydrogen) atoms. The third kappa shape index (κ3) is 4.47. The Bertz CT molecular complexity index is 349. The maximum absolute atomic E-state index is 10.1. The molecule has 0 fully saturated rings. The van der Waals surface area contributed by atoms with Crippen molar-refractivity contribution >= 4 is 6.47 Å². The van der Waals surface area contributed by atoms with Gasteiger partial charge in [-0.15, -0.1) is 0 Å². The molecule has 0 saturated carbocycles. The summed E-state index contributed by atoms with van der Waals surface area (Å²) in [6, 6.07) is 7.99. The molecule has 1 aromatic carbocycles. The van der Waals surface area contributed by atoms with E-state index in [1.807, 2.05) is 12.1 Å². The number of benzene rings is 1. The zero-order valence-electron chi connectivity index (χ0n) is 10.9. The Labute approximate surface area is 103 Å². The van der Waals surface area contributed by atoms with Gasteiger partial charge in [0.1, 0.15) is 18.5 Å². The van der Waals surface area contributed by atoms with E-state index >= 15 is 0 Å². The normalized spacial score (nSPS) is 12.9. The largest absolute Gasteiger partial charge is 0.490 e. The van der Waals surface area contributed by atoms with E-state index < -0.39 is 0 Å². The van der Waals surface area contributed by atoms with Crippen molar-refractivity contribution < 1.29 is 14.3 Å². The Balaban J connectivity index is 2.54. The van der Waals surface area contributed by atoms with Gasteiger partial charge in [0, 0.05) is 0 Å². The molecule has 3 heteroatoms. The average molecular weight is 236 g/mol. The Kier molecular flexibility index (Phi) is 4.55. The molecule has 0 aliphatic carbocycles. The van der Waals surface area contributed by atoms with Crippen LogP contribution in [0.4, 0.5) is 0 Å². The number of hydrogen-bond acceptors (Lipinski definition) is 3. The van der Waals surface area contributed by atoms with Gasteiger partial charge in [-0.25, -0.2) is 0 Å². The minimum Gasteiger partial charge on any atom is -0.490 e. The van der Waals surface area contributed by atoms with Crippen LogP contribution in [0.15, 0.2) is 24.3 Å². The summed E-state index contributed by atoms with van der Waals surface area (Å²) >= 11 is 0. The van der Waals surface area contributed by atoms with Crippen molar-refractivity contribution in [2.75, 3.05) is 6.61 Å². The van der Waals surface area contributed by atoms with E-state index in [9.17, 15) is 4.79 Å². The fraction of sp³-hybridized carbons (Fsp3) is 0.500. The van der Waals surface area contributed by atoms with Crippen LogP contribution in [-0.2, 0) is 14.9 Å². The van der Waals surface area contributed by atoms with Crippen molar-refractivity contribution in [2.45, 2.75) is 39.2 Å². The average Bonchev–Trinajstić information content (AvgIpc) is 2.26. The van der Waals surface area contributed by atoms with Crippen molar-refractivity contribution in [2.24, 2.45) is 0 Å². The molecule has 0 unspecified atom stereocenters. The second-order valence-electron chi connectivity index (χ2n) is 5.13. The van der Waals surface area contributed by atoms with Crippen LogP contribution in [-0.4, -0.2) is 19.2 Å². The minimum atomic E-state index is -0.227. The zero-order chi connectivity index (χ0) is 12.9. The predicted octanol–water partition coefficient (Wildman–Crippen LogP) is 2.92. The first kappa shape index (κ1) is 13.6. The van der Waals surface area contributed by atoms with Crippen molar-refractivity contribution in [3.63, 3.8) is 0 Å². The number of rotatable bonds is 5. The summed E-state index contributed by atoms with van der Waals surface area (Å²) in [5.74, 6) is 0.791. The number of ether oxygens (including phenoxy) is 2. The second kappa shape index (κ2) is 5.71. The van der Waals surface area contributed by atoms with Gasteiger partial charge >= 0.3 is 0 Å². The van der Waals surface area contributed by atoms with E-state index in [0.717, 1.165) is 5.75 Å². The first-order valence-corrected chi connectivity index (χ1v) is 5.76. The molecule has 0 saturated heterocycles. The van der Waals surface area contributed by atoms with Crippen LogP contribution in [0, 0.1) is 0 Å². The van der Waals surface area contributed by atoms with E-state index in [1.54, 1.807) is 6.92 Å². The fourth-order valence-corrected chi connectivity index (χ4v) is 1.40. The van der Waals surface area contributed by atoms with Crippen LogP contribution in [0.5, 0.6) is 5.75 Å². The summed E-state index contributed by atoms with van der Waals surface area (Å²) in [6.07, 6.45) is -0.227. The molecule has 0 N–H and O–H groups in total. The van der Waals surface area contributed by atoms with Crippen LogP contribution in [0.3, 0.4) is 0 Å². The summed E-state index contributed by atoms with van der Waals surface area (Å²) < 4.78 is 10.2. The van der Waals surface area contributed by atoms with E-state index in [0.29, 0.717) is 13.1 Å². The van der Waals surface area contributed by atoms with Gasteiger partial charge < -0.3 is 9.47 Å². The van der Waals surface area contributed by atoms with Gasteiger partial charge in [0.05, 0.1) is 0 Å². The minimum absolute atomic E-state index is 0.145. The third-order valence-electron chi connectivity index (χ3n) is 2.49. The molecule has 94 valence electrons. The van der Waals surface area contributed by atoms with Gasteiger partial charge in [0.25, 0.3) is 6.47 Å². The Hall–Kier alpha value is -1.51. The highest BCUT2D eigenvalue weighted by molar-refractivity contribution is 5.37. The summed E-state index contributed by atoms with van der Waals surface area (Å²) in [7, 11) is 0. The maximum Gasteiger partial charge on any atom is 0.293 e. The summed E-state index contributed by atoms with van der Waals surface area (Å²) in [5, 5.41) is 0. The van der Waals surface area contributed by atoms with Gasteiger partial charge in [0.2, 0.25) is 0 Å². The van der Waals surface area contributed by atoms with E-state index in [1.165, 1.54) is 5.56 Å². The van der Waals surface area contributed by atoms with Gasteiger partial charge in [0.15, 0.2) is 0 Å². The molecule has 1 rings (SSSR count). The lowest BCUT2D eigenvalue weighted by atomic mass is 9.87. The van der Waals surface area contributed by atoms with Crippen molar-refractivity contribution in [3.05, 3.63) is 29.8 Å². The first-order chi connectivity index (χ1) is 7.93. The van der Waals surface area contributed by atoms with Gasteiger partial charge in [-0.2, -0.15) is 0 Å². The van der Waals surface area contributed by atoms with Crippen molar-refractivity contribution in [3.8, 4) is 5.75 Å². The standard InChI is InChI=1S/C14H20O3/c1-11(17-10-15)9-16-13-7-5-12(6-8-13)14(2,3)4/h5-8,10-11H,9H2,1-4H3/t11-/m0/s1. The molecule has 0 heterocycles. The molecule has 0 bridgehead atoms. The van der Waals surface area contributed by atoms with Gasteiger partial charge in [-0.1, -0.05) is 32.9 Å². The molecule has 0 amide bonds. The van der Waals surface area contributed by atoms with Crippen LogP contribution in [0.25, 0.3) is 0 Å². The van der Waals surface area contributed by atoms with Crippen LogP contribution in [0.1, 0.15) is 33.3 Å². The molecular weight excluding hydrogens is 216 g/mol. The summed E-state index contributed by atoms with van der Waals surface area (Å²) in [5.41, 5.74) is 1.41. The molecule has 0 aliphatic rings. The number of carbonyl (C=O) groups is 1. The second-order valence-corrected chi connectivity index (χ2v) is 5.13. The predicted molar refractivity (Wildman–Crippen MR) is 67.2 cm³/mol. The molecule has 0 aliphatic heterocycles. The highest BCUT2D eigenvalue weighted by Crippen LogP contribution is 2.24. The highest BCUT2D eigenvalue weighted by Gasteiger charge is 2.13. The molecular formula is C14H20O3. The molecule has 1 aromatic rings. The quantitative estimate of drug-likeness (QED) is 0.737. The smallest absolute Gasteiger partial charge is 0.293 e. The lowest BCUT2D eigenvalue weighted by molar-refractivity contribution is -0.134. The van der Waals surface area contributed by atoms with Gasteiger partial charge in [-0.3, -0.25) is 4.79 Å². The van der Waals surface area contributed by atoms with E-state index in [-0.39, 0.29) is 11.5 Å². The van der Waals surface area contributed by atoms with Crippen LogP contribution >= 0.6 is 0 Å². The Morgan fingerprint density at radius 2 is 1.82 bits per heavy atom. The molecule has 0 spiro atoms. The van der Waals surface area contributed by atoms with Crippen LogP contribution in [0.2, 0.25) is 0 Å². The SMILES string of the molecule is C[C@@H](COc1ccc(C(C)(C)C)cc1)OC=O. The topological polar surface area (TPSA) is 35.5 Å². The molecule has 0 aromatic heterocycles. The zero-order valence-corrected chi connectivity index (χ0v) is 10.9. The highest BCUT2D eigenvalue weighted by atomic mass is 16.6. The Morgan fingerprint density at radius 1 is 1.24 bits per heavy atom. The Morgan fingerprint density at radius 3 is 2.29 bits per heavy atom. The van der Waals surface area contributed by atoms with Gasteiger partial charge in [-0.05, 0) is 30.0 Å². The number of carbonyl (C=O) groups excluding carboxylic acids is 1.